The number of hydrogen-bond donors (Lipinski definition) is 0. The number of ketones is 2. The van der Waals surface area contributed by atoms with Gasteiger partial charge in [0.15, 0.2) is 11.6 Å². The number of Topliss-reactive ketones (excluding diaryl/α,β-unsaturated/α-hetero) is 2. The molecule has 2 aliphatic rings. The molecule has 0 unspecified atom stereocenters. The molecule has 0 spiro atoms. The number of ether oxygens (including phenoxy) is 2. The van der Waals surface area contributed by atoms with Gasteiger partial charge in [0, 0.05) is 12.8 Å². The molecule has 0 saturated carbocycles. The maximum absolute atomic E-state index is 11.4. The van der Waals surface area contributed by atoms with E-state index in [1.165, 1.54) is 12.1 Å². The summed E-state index contributed by atoms with van der Waals surface area (Å²) in [7, 11) is -9.04. The van der Waals surface area contributed by atoms with Crippen LogP contribution >= 0.6 is 0 Å². The van der Waals surface area contributed by atoms with Gasteiger partial charge in [0.25, 0.3) is 0 Å². The van der Waals surface area contributed by atoms with Crippen molar-refractivity contribution in [3.05, 3.63) is 47.5 Å². The molecule has 0 saturated heterocycles. The van der Waals surface area contributed by atoms with Crippen molar-refractivity contribution in [2.24, 2.45) is 0 Å². The Hall–Kier alpha value is -1.23. The predicted octanol–water partition coefficient (Wildman–Crippen LogP) is 0.731. The summed E-state index contributed by atoms with van der Waals surface area (Å²) >= 11 is 0. The molecule has 0 N–H and O–H groups in total. The molecular weight excluding hydrogens is 578 g/mol. The quantitative estimate of drug-likeness (QED) is 0.359. The third-order valence-electron chi connectivity index (χ3n) is 4.25. The summed E-state index contributed by atoms with van der Waals surface area (Å²) in [6, 6.07) is 7.08. The second-order valence-corrected chi connectivity index (χ2v) is 9.03. The third kappa shape index (κ3) is 6.40. The molecule has 0 amide bonds. The fourth-order valence-electron chi connectivity index (χ4n) is 2.79. The van der Waals surface area contributed by atoms with E-state index >= 15 is 0 Å². The molecule has 10 nitrogen and oxygen atoms in total. The van der Waals surface area contributed by atoms with Gasteiger partial charge in [-0.1, -0.05) is 0 Å². The first-order valence-electron chi connectivity index (χ1n) is 8.49. The van der Waals surface area contributed by atoms with Gasteiger partial charge in [0.1, 0.15) is 31.7 Å². The summed E-state index contributed by atoms with van der Waals surface area (Å²) in [6.07, 6.45) is 0.407. The molecule has 2 aromatic rings. The van der Waals surface area contributed by atoms with E-state index < -0.39 is 30.0 Å². The van der Waals surface area contributed by atoms with Crippen LogP contribution < -0.4 is 9.47 Å². The Balaban J connectivity index is 0.000000213. The van der Waals surface area contributed by atoms with Crippen molar-refractivity contribution in [2.45, 2.75) is 22.6 Å². The van der Waals surface area contributed by atoms with Gasteiger partial charge in [-0.15, -0.1) is 0 Å². The molecule has 31 heavy (non-hydrogen) atoms. The van der Waals surface area contributed by atoms with Crippen molar-refractivity contribution in [3.8, 4) is 11.5 Å². The standard InChI is InChI=1S/2C9H8O5S.Ba/c2*10-8-3-4-14-9-2-1-6(5-7(8)9)15(11,12)13;/h2*1-2,5H,3-4H2,(H,11,12,13);/q;;+2/p-2. The zero-order valence-electron chi connectivity index (χ0n) is 15.9. The van der Waals surface area contributed by atoms with Crippen LogP contribution in [0.2, 0.25) is 0 Å². The molecule has 13 heteroatoms. The van der Waals surface area contributed by atoms with Gasteiger partial charge in [-0.2, -0.15) is 0 Å². The Kier molecular flexibility index (Phi) is 8.52. The van der Waals surface area contributed by atoms with Crippen LogP contribution in [0.15, 0.2) is 46.2 Å². The van der Waals surface area contributed by atoms with E-state index in [4.69, 9.17) is 9.47 Å². The number of benzene rings is 2. The number of rotatable bonds is 2. The Morgan fingerprint density at radius 2 is 1.03 bits per heavy atom. The first kappa shape index (κ1) is 26.0. The largest absolute Gasteiger partial charge is 2.00 e. The molecule has 0 bridgehead atoms. The Bertz CT molecular complexity index is 1140. The van der Waals surface area contributed by atoms with Crippen LogP contribution in [0.1, 0.15) is 33.6 Å². The average Bonchev–Trinajstić information content (AvgIpc) is 2.67. The Morgan fingerprint density at radius 3 is 1.35 bits per heavy atom. The SMILES string of the molecule is O=C1CCOc2ccc(S(=O)(=O)[O-])cc21.O=C1CCOc2ccc(S(=O)(=O)[O-])cc21.[Ba+2]. The molecule has 0 atom stereocenters. The average molecular weight is 592 g/mol. The predicted molar refractivity (Wildman–Crippen MR) is 103 cm³/mol. The Labute approximate surface area is 218 Å². The fraction of sp³-hybridized carbons (Fsp3) is 0.222. The number of carbonyl (C=O) groups is 2. The van der Waals surface area contributed by atoms with Gasteiger partial charge >= 0.3 is 48.9 Å². The monoisotopic (exact) mass is 592 g/mol. The maximum atomic E-state index is 11.4. The topological polar surface area (TPSA) is 167 Å². The Morgan fingerprint density at radius 1 is 0.677 bits per heavy atom. The summed E-state index contributed by atoms with van der Waals surface area (Å²) in [4.78, 5) is 22.0. The van der Waals surface area contributed by atoms with E-state index in [0.717, 1.165) is 24.3 Å². The van der Waals surface area contributed by atoms with Crippen molar-refractivity contribution < 1.29 is 45.0 Å². The number of hydrogen-bond acceptors (Lipinski definition) is 10. The van der Waals surface area contributed by atoms with E-state index in [0.29, 0.717) is 11.5 Å². The zero-order valence-corrected chi connectivity index (χ0v) is 22.0. The molecule has 2 heterocycles. The van der Waals surface area contributed by atoms with E-state index in [-0.39, 0.29) is 97.6 Å². The van der Waals surface area contributed by atoms with Crippen LogP contribution in [-0.4, -0.2) is 99.6 Å². The molecule has 0 fully saturated rings. The second-order valence-electron chi connectivity index (χ2n) is 6.27. The van der Waals surface area contributed by atoms with Crippen LogP contribution in [0.5, 0.6) is 11.5 Å². The first-order valence-corrected chi connectivity index (χ1v) is 11.3. The zero-order chi connectivity index (χ0) is 22.1. The van der Waals surface area contributed by atoms with Gasteiger partial charge in [0.2, 0.25) is 0 Å². The minimum atomic E-state index is -4.52. The maximum Gasteiger partial charge on any atom is 2.00 e. The van der Waals surface area contributed by atoms with E-state index in [9.17, 15) is 35.5 Å². The van der Waals surface area contributed by atoms with Gasteiger partial charge in [-0.05, 0) is 36.4 Å². The second kappa shape index (κ2) is 10.1. The first-order chi connectivity index (χ1) is 14.0. The van der Waals surface area contributed by atoms with Crippen LogP contribution in [0, 0.1) is 0 Å². The third-order valence-corrected chi connectivity index (χ3v) is 5.92. The molecule has 4 rings (SSSR count). The number of fused-ring (bicyclic) bond motifs is 2. The molecule has 2 aliphatic heterocycles. The van der Waals surface area contributed by atoms with Crippen molar-refractivity contribution in [3.63, 3.8) is 0 Å². The van der Waals surface area contributed by atoms with Crippen LogP contribution in [0.4, 0.5) is 0 Å². The molecular formula is C18H14BaO10S2. The summed E-state index contributed by atoms with van der Waals surface area (Å²) in [6.45, 7) is 0.574. The van der Waals surface area contributed by atoms with Crippen LogP contribution in [0.25, 0.3) is 0 Å². The van der Waals surface area contributed by atoms with Crippen molar-refractivity contribution in [1.82, 2.24) is 0 Å². The van der Waals surface area contributed by atoms with Gasteiger partial charge in [-0.25, -0.2) is 16.8 Å². The van der Waals surface area contributed by atoms with Gasteiger partial charge in [0.05, 0.1) is 34.1 Å². The van der Waals surface area contributed by atoms with Gasteiger partial charge in [-0.3, -0.25) is 9.59 Å². The van der Waals surface area contributed by atoms with Gasteiger partial charge < -0.3 is 18.6 Å². The fourth-order valence-corrected chi connectivity index (χ4v) is 3.79. The van der Waals surface area contributed by atoms with Crippen LogP contribution in [-0.2, 0) is 20.2 Å². The van der Waals surface area contributed by atoms with E-state index in [2.05, 4.69) is 0 Å². The molecule has 0 aliphatic carbocycles. The van der Waals surface area contributed by atoms with Crippen molar-refractivity contribution >= 4 is 80.7 Å². The summed E-state index contributed by atoms with van der Waals surface area (Å²) in [5, 5.41) is 0. The van der Waals surface area contributed by atoms with Crippen molar-refractivity contribution in [2.75, 3.05) is 13.2 Å². The molecule has 2 aromatic carbocycles. The van der Waals surface area contributed by atoms with Crippen LogP contribution in [0.3, 0.4) is 0 Å². The minimum Gasteiger partial charge on any atom is -0.744 e. The molecule has 160 valence electrons. The summed E-state index contributed by atoms with van der Waals surface area (Å²) < 4.78 is 74.6. The normalized spacial score (nSPS) is 15.2. The summed E-state index contributed by atoms with van der Waals surface area (Å²) in [5.41, 5.74) is 0.330. The minimum absolute atomic E-state index is 0. The number of carbonyl (C=O) groups excluding carboxylic acids is 2. The molecule has 0 radical (unpaired) electrons. The van der Waals surface area contributed by atoms with Crippen molar-refractivity contribution in [1.29, 1.82) is 0 Å². The summed E-state index contributed by atoms with van der Waals surface area (Å²) in [5.74, 6) is 0.251. The smallest absolute Gasteiger partial charge is 0.744 e. The van der Waals surface area contributed by atoms with E-state index in [1.54, 1.807) is 0 Å². The van der Waals surface area contributed by atoms with E-state index in [1.807, 2.05) is 0 Å². The molecule has 0 aromatic heterocycles.